The summed E-state index contributed by atoms with van der Waals surface area (Å²) in [4.78, 5) is 54.1. The molecule has 12 heteroatoms. The van der Waals surface area contributed by atoms with Crippen molar-refractivity contribution in [1.82, 2.24) is 9.80 Å². The van der Waals surface area contributed by atoms with Crippen LogP contribution in [0.3, 0.4) is 0 Å². The van der Waals surface area contributed by atoms with E-state index in [1.807, 2.05) is 19.0 Å². The van der Waals surface area contributed by atoms with Crippen molar-refractivity contribution >= 4 is 23.9 Å². The van der Waals surface area contributed by atoms with E-state index >= 15 is 0 Å². The maximum atomic E-state index is 13.1. The van der Waals surface area contributed by atoms with Gasteiger partial charge in [-0.3, -0.25) is 14.4 Å². The van der Waals surface area contributed by atoms with Crippen LogP contribution in [0.1, 0.15) is 159 Å². The highest BCUT2D eigenvalue weighted by molar-refractivity contribution is 5.91. The van der Waals surface area contributed by atoms with Gasteiger partial charge in [0, 0.05) is 25.8 Å². The number of carbonyl (C=O) groups is 4. The molecule has 0 spiro atoms. The van der Waals surface area contributed by atoms with E-state index in [4.69, 9.17) is 28.4 Å². The third-order valence-electron chi connectivity index (χ3n) is 9.48. The molecule has 0 amide bonds. The summed E-state index contributed by atoms with van der Waals surface area (Å²) in [5.41, 5.74) is 0.247. The van der Waals surface area contributed by atoms with Crippen LogP contribution in [0.15, 0.2) is 12.1 Å². The van der Waals surface area contributed by atoms with E-state index in [0.717, 1.165) is 129 Å². The first kappa shape index (κ1) is 50.6. The fraction of sp³-hybridized carbons (Fsp3) is 0.773. The van der Waals surface area contributed by atoms with Crippen LogP contribution in [-0.2, 0) is 28.6 Å². The highest BCUT2D eigenvalue weighted by atomic mass is 16.6. The summed E-state index contributed by atoms with van der Waals surface area (Å²) in [6.07, 6.45) is 18.9. The molecule has 1 aromatic rings. The number of rotatable bonds is 36. The van der Waals surface area contributed by atoms with Gasteiger partial charge in [-0.2, -0.15) is 0 Å². The first-order chi connectivity index (χ1) is 27.1. The van der Waals surface area contributed by atoms with Crippen LogP contribution in [-0.4, -0.2) is 108 Å². The number of benzene rings is 1. The molecule has 0 aromatic heterocycles. The van der Waals surface area contributed by atoms with Crippen LogP contribution in [0.2, 0.25) is 0 Å². The first-order valence-electron chi connectivity index (χ1n) is 21.5. The molecule has 0 unspecified atom stereocenters. The predicted octanol–water partition coefficient (Wildman–Crippen LogP) is 8.95. The summed E-state index contributed by atoms with van der Waals surface area (Å²) in [6, 6.07) is 3.00. The van der Waals surface area contributed by atoms with Gasteiger partial charge in [0.05, 0.1) is 39.6 Å². The van der Waals surface area contributed by atoms with Crippen LogP contribution in [0.5, 0.6) is 17.2 Å². The van der Waals surface area contributed by atoms with Crippen molar-refractivity contribution in [3.63, 3.8) is 0 Å². The smallest absolute Gasteiger partial charge is 0.338 e. The summed E-state index contributed by atoms with van der Waals surface area (Å²) in [5.74, 6) is -0.554. The number of carbonyl (C=O) groups excluding carboxylic acids is 4. The van der Waals surface area contributed by atoms with E-state index in [0.29, 0.717) is 38.9 Å². The Morgan fingerprint density at radius 2 is 0.946 bits per heavy atom. The molecule has 0 saturated carbocycles. The summed E-state index contributed by atoms with van der Waals surface area (Å²) in [7, 11) is 6.81. The number of hydrogen-bond donors (Lipinski definition) is 0. The second-order valence-electron chi connectivity index (χ2n) is 14.8. The number of nitrogens with zero attached hydrogens (tertiary/aromatic N) is 2. The Hall–Kier alpha value is -3.38. The lowest BCUT2D eigenvalue weighted by Gasteiger charge is -2.22. The Morgan fingerprint density at radius 3 is 1.43 bits per heavy atom. The Balaban J connectivity index is 2.62. The van der Waals surface area contributed by atoms with Crippen molar-refractivity contribution < 1.29 is 47.6 Å². The number of ether oxygens (including phenoxy) is 6. The fourth-order valence-electron chi connectivity index (χ4n) is 6.17. The van der Waals surface area contributed by atoms with Crippen molar-refractivity contribution in [2.75, 3.05) is 74.3 Å². The highest BCUT2D eigenvalue weighted by Gasteiger charge is 2.21. The lowest BCUT2D eigenvalue weighted by atomic mass is 10.1. The topological polar surface area (TPSA) is 130 Å². The van der Waals surface area contributed by atoms with Crippen molar-refractivity contribution in [2.45, 2.75) is 149 Å². The molecule has 0 atom stereocenters. The van der Waals surface area contributed by atoms with E-state index in [9.17, 15) is 19.2 Å². The van der Waals surface area contributed by atoms with Crippen molar-refractivity contribution in [2.24, 2.45) is 0 Å². The van der Waals surface area contributed by atoms with Gasteiger partial charge in [0.2, 0.25) is 5.75 Å². The molecule has 0 heterocycles. The summed E-state index contributed by atoms with van der Waals surface area (Å²) >= 11 is 0. The molecule has 322 valence electrons. The van der Waals surface area contributed by atoms with E-state index < -0.39 is 11.9 Å². The summed E-state index contributed by atoms with van der Waals surface area (Å²) < 4.78 is 32.9. The van der Waals surface area contributed by atoms with Crippen LogP contribution in [0.25, 0.3) is 0 Å². The van der Waals surface area contributed by atoms with Gasteiger partial charge in [-0.1, -0.05) is 78.1 Å². The highest BCUT2D eigenvalue weighted by Crippen LogP contribution is 2.39. The molecule has 0 bridgehead atoms. The second-order valence-corrected chi connectivity index (χ2v) is 14.8. The van der Waals surface area contributed by atoms with Gasteiger partial charge < -0.3 is 38.2 Å². The fourth-order valence-corrected chi connectivity index (χ4v) is 6.17. The Morgan fingerprint density at radius 1 is 0.500 bits per heavy atom. The van der Waals surface area contributed by atoms with Crippen LogP contribution in [0.4, 0.5) is 0 Å². The maximum Gasteiger partial charge on any atom is 0.338 e. The van der Waals surface area contributed by atoms with Gasteiger partial charge >= 0.3 is 23.9 Å². The number of hydrogen-bond acceptors (Lipinski definition) is 12. The summed E-state index contributed by atoms with van der Waals surface area (Å²) in [6.45, 7) is 8.92. The molecule has 0 fully saturated rings. The van der Waals surface area contributed by atoms with Crippen molar-refractivity contribution in [3.05, 3.63) is 17.7 Å². The zero-order valence-corrected chi connectivity index (χ0v) is 35.9. The molecule has 0 aliphatic heterocycles. The van der Waals surface area contributed by atoms with E-state index in [-0.39, 0.29) is 47.8 Å². The third kappa shape index (κ3) is 25.7. The zero-order valence-electron chi connectivity index (χ0n) is 35.9. The van der Waals surface area contributed by atoms with Crippen LogP contribution >= 0.6 is 0 Å². The quantitative estimate of drug-likeness (QED) is 0.0278. The molecule has 0 N–H and O–H groups in total. The van der Waals surface area contributed by atoms with E-state index in [2.05, 4.69) is 18.7 Å². The van der Waals surface area contributed by atoms with Gasteiger partial charge in [-0.25, -0.2) is 4.79 Å². The predicted molar refractivity (Wildman–Crippen MR) is 221 cm³/mol. The molecular weight excluding hydrogens is 716 g/mol. The number of methoxy groups -OCH3 is 2. The molecule has 12 nitrogen and oxygen atoms in total. The normalized spacial score (nSPS) is 11.1. The molecular formula is C44H76N2O10. The van der Waals surface area contributed by atoms with E-state index in [1.54, 1.807) is 0 Å². The molecule has 56 heavy (non-hydrogen) atoms. The van der Waals surface area contributed by atoms with Gasteiger partial charge in [0.1, 0.15) is 0 Å². The number of unbranched alkanes of at least 4 members (excludes halogenated alkanes) is 12. The molecule has 0 aliphatic carbocycles. The minimum atomic E-state index is -0.508. The van der Waals surface area contributed by atoms with Crippen LogP contribution in [0, 0.1) is 0 Å². The van der Waals surface area contributed by atoms with E-state index in [1.165, 1.54) is 26.4 Å². The van der Waals surface area contributed by atoms with Gasteiger partial charge in [0.15, 0.2) is 11.5 Å². The Kier molecular flexibility index (Phi) is 30.5. The molecule has 1 aromatic carbocycles. The van der Waals surface area contributed by atoms with Crippen molar-refractivity contribution in [1.29, 1.82) is 0 Å². The molecule has 0 saturated heterocycles. The lowest BCUT2D eigenvalue weighted by Crippen LogP contribution is -2.28. The standard InChI is InChI=1S/C44H76N2O10/c1-7-9-11-17-25-40(47)53-32-21-15-13-19-29-46(30-20-14-16-22-33-54-41(48)26-18-12-10-8-2)31-23-27-42(49)56-43-38(51-5)35-37(36-39(43)52-6)44(50)55-34-24-28-45(3)4/h35-36H,7-34H2,1-6H3. The minimum absolute atomic E-state index is 0.0911. The average Bonchev–Trinajstić information content (AvgIpc) is 3.18. The Labute approximate surface area is 338 Å². The molecule has 1 rings (SSSR count). The largest absolute Gasteiger partial charge is 0.493 e. The average molecular weight is 793 g/mol. The third-order valence-corrected chi connectivity index (χ3v) is 9.48. The van der Waals surface area contributed by atoms with Gasteiger partial charge in [-0.05, 0) is 97.2 Å². The monoisotopic (exact) mass is 793 g/mol. The molecule has 0 aliphatic rings. The number of esters is 4. The van der Waals surface area contributed by atoms with Crippen molar-refractivity contribution in [3.8, 4) is 17.2 Å². The lowest BCUT2D eigenvalue weighted by molar-refractivity contribution is -0.144. The van der Waals surface area contributed by atoms with Gasteiger partial charge in [0.25, 0.3) is 0 Å². The Bertz CT molecular complexity index is 1150. The SMILES string of the molecule is CCCCCCC(=O)OCCCCCCN(CCCCCCOC(=O)CCCCCC)CCCC(=O)Oc1c(OC)cc(C(=O)OCCCN(C)C)cc1OC. The van der Waals surface area contributed by atoms with Crippen LogP contribution < -0.4 is 14.2 Å². The maximum absolute atomic E-state index is 13.1. The van der Waals surface area contributed by atoms with Gasteiger partial charge in [-0.15, -0.1) is 0 Å². The molecule has 0 radical (unpaired) electrons. The first-order valence-corrected chi connectivity index (χ1v) is 21.5. The summed E-state index contributed by atoms with van der Waals surface area (Å²) in [5, 5.41) is 0. The second kappa shape index (κ2) is 33.7. The zero-order chi connectivity index (χ0) is 41.2. The minimum Gasteiger partial charge on any atom is -0.493 e.